The van der Waals surface area contributed by atoms with Crippen molar-refractivity contribution in [1.82, 2.24) is 9.97 Å². The number of rotatable bonds is 5. The lowest BCUT2D eigenvalue weighted by atomic mass is 10.3. The zero-order valence-corrected chi connectivity index (χ0v) is 11.8. The standard InChI is InChI=1S/C11H18BrN3O/c1-5-6-13-11-9(12)7(2)14-10(15-11)8(3)16-4/h8H,5-6H2,1-4H3,(H,13,14,15). The quantitative estimate of drug-likeness (QED) is 0.904. The van der Waals surface area contributed by atoms with E-state index in [1.807, 2.05) is 13.8 Å². The SMILES string of the molecule is CCCNc1nc(C(C)OC)nc(C)c1Br. The molecule has 0 aromatic carbocycles. The highest BCUT2D eigenvalue weighted by Crippen LogP contribution is 2.25. The molecule has 1 N–H and O–H groups in total. The number of aromatic nitrogens is 2. The van der Waals surface area contributed by atoms with Gasteiger partial charge in [0.15, 0.2) is 5.82 Å². The molecule has 0 fully saturated rings. The van der Waals surface area contributed by atoms with Gasteiger partial charge in [-0.15, -0.1) is 0 Å². The Hall–Kier alpha value is -0.680. The van der Waals surface area contributed by atoms with E-state index >= 15 is 0 Å². The van der Waals surface area contributed by atoms with Gasteiger partial charge >= 0.3 is 0 Å². The highest BCUT2D eigenvalue weighted by molar-refractivity contribution is 9.10. The number of anilines is 1. The second-order valence-corrected chi connectivity index (χ2v) is 4.43. The molecule has 0 saturated carbocycles. The van der Waals surface area contributed by atoms with E-state index in [1.54, 1.807) is 7.11 Å². The number of hydrogen-bond donors (Lipinski definition) is 1. The van der Waals surface area contributed by atoms with Crippen LogP contribution in [0.4, 0.5) is 5.82 Å². The van der Waals surface area contributed by atoms with Crippen LogP contribution in [0.25, 0.3) is 0 Å². The molecule has 4 nitrogen and oxygen atoms in total. The Morgan fingerprint density at radius 3 is 2.69 bits per heavy atom. The number of methoxy groups -OCH3 is 1. The van der Waals surface area contributed by atoms with Crippen LogP contribution >= 0.6 is 15.9 Å². The van der Waals surface area contributed by atoms with Gasteiger partial charge in [0, 0.05) is 13.7 Å². The maximum Gasteiger partial charge on any atom is 0.159 e. The lowest BCUT2D eigenvalue weighted by molar-refractivity contribution is 0.112. The number of nitrogens with one attached hydrogen (secondary N) is 1. The van der Waals surface area contributed by atoms with E-state index in [-0.39, 0.29) is 6.10 Å². The minimum Gasteiger partial charge on any atom is -0.374 e. The first kappa shape index (κ1) is 13.4. The molecule has 1 aromatic heterocycles. The molecule has 1 unspecified atom stereocenters. The summed E-state index contributed by atoms with van der Waals surface area (Å²) in [7, 11) is 1.66. The molecule has 90 valence electrons. The van der Waals surface area contributed by atoms with Crippen molar-refractivity contribution in [2.24, 2.45) is 0 Å². The molecule has 1 rings (SSSR count). The van der Waals surface area contributed by atoms with E-state index in [1.165, 1.54) is 0 Å². The predicted molar refractivity (Wildman–Crippen MR) is 68.7 cm³/mol. The van der Waals surface area contributed by atoms with Crippen LogP contribution in [0.1, 0.15) is 37.9 Å². The van der Waals surface area contributed by atoms with Gasteiger partial charge in [-0.25, -0.2) is 9.97 Å². The fourth-order valence-electron chi connectivity index (χ4n) is 1.23. The number of halogens is 1. The van der Waals surface area contributed by atoms with E-state index in [4.69, 9.17) is 4.74 Å². The molecule has 0 aliphatic carbocycles. The summed E-state index contributed by atoms with van der Waals surface area (Å²) in [5.74, 6) is 1.55. The summed E-state index contributed by atoms with van der Waals surface area (Å²) < 4.78 is 6.15. The van der Waals surface area contributed by atoms with E-state index in [9.17, 15) is 0 Å². The maximum absolute atomic E-state index is 5.22. The normalized spacial score (nSPS) is 12.6. The van der Waals surface area contributed by atoms with Crippen molar-refractivity contribution in [2.45, 2.75) is 33.3 Å². The lowest BCUT2D eigenvalue weighted by Crippen LogP contribution is -2.10. The van der Waals surface area contributed by atoms with Crippen molar-refractivity contribution < 1.29 is 4.74 Å². The second kappa shape index (κ2) is 6.15. The van der Waals surface area contributed by atoms with Crippen molar-refractivity contribution in [2.75, 3.05) is 19.0 Å². The second-order valence-electron chi connectivity index (χ2n) is 3.63. The van der Waals surface area contributed by atoms with Crippen LogP contribution in [0.3, 0.4) is 0 Å². The molecule has 5 heteroatoms. The van der Waals surface area contributed by atoms with Crippen LogP contribution in [-0.2, 0) is 4.74 Å². The van der Waals surface area contributed by atoms with Gasteiger partial charge in [0.05, 0.1) is 10.2 Å². The molecule has 0 aliphatic rings. The van der Waals surface area contributed by atoms with Crippen molar-refractivity contribution in [3.63, 3.8) is 0 Å². The molecule has 0 saturated heterocycles. The van der Waals surface area contributed by atoms with Crippen LogP contribution in [0.2, 0.25) is 0 Å². The Balaban J connectivity index is 3.01. The molecule has 0 spiro atoms. The van der Waals surface area contributed by atoms with E-state index in [0.29, 0.717) is 5.82 Å². The van der Waals surface area contributed by atoms with Crippen LogP contribution < -0.4 is 5.32 Å². The summed E-state index contributed by atoms with van der Waals surface area (Å²) >= 11 is 3.49. The van der Waals surface area contributed by atoms with Gasteiger partial charge in [0.25, 0.3) is 0 Å². The van der Waals surface area contributed by atoms with Crippen molar-refractivity contribution in [1.29, 1.82) is 0 Å². The first-order valence-corrected chi connectivity index (χ1v) is 6.20. The molecule has 1 aromatic rings. The summed E-state index contributed by atoms with van der Waals surface area (Å²) in [6, 6.07) is 0. The molecule has 0 bridgehead atoms. The topological polar surface area (TPSA) is 47.0 Å². The zero-order chi connectivity index (χ0) is 12.1. The molecule has 1 atom stereocenters. The first-order valence-electron chi connectivity index (χ1n) is 5.40. The number of hydrogen-bond acceptors (Lipinski definition) is 4. The van der Waals surface area contributed by atoms with Crippen molar-refractivity contribution >= 4 is 21.7 Å². The maximum atomic E-state index is 5.22. The lowest BCUT2D eigenvalue weighted by Gasteiger charge is -2.13. The Morgan fingerprint density at radius 2 is 2.12 bits per heavy atom. The third kappa shape index (κ3) is 3.15. The van der Waals surface area contributed by atoms with Gasteiger partial charge < -0.3 is 10.1 Å². The largest absolute Gasteiger partial charge is 0.374 e. The average Bonchev–Trinajstić information content (AvgIpc) is 2.29. The van der Waals surface area contributed by atoms with Gasteiger partial charge in [-0.2, -0.15) is 0 Å². The summed E-state index contributed by atoms with van der Waals surface area (Å²) in [4.78, 5) is 8.84. The molecule has 0 radical (unpaired) electrons. The first-order chi connectivity index (χ1) is 7.60. The van der Waals surface area contributed by atoms with Crippen molar-refractivity contribution in [3.8, 4) is 0 Å². The molecule has 0 amide bonds. The predicted octanol–water partition coefficient (Wildman–Crippen LogP) is 3.08. The van der Waals surface area contributed by atoms with Crippen LogP contribution in [0.15, 0.2) is 4.47 Å². The number of ether oxygens (including phenoxy) is 1. The third-order valence-electron chi connectivity index (χ3n) is 2.29. The Bertz CT molecular complexity index is 357. The molecule has 0 aliphatic heterocycles. The fourth-order valence-corrected chi connectivity index (χ4v) is 1.55. The van der Waals surface area contributed by atoms with Gasteiger partial charge in [-0.3, -0.25) is 0 Å². The van der Waals surface area contributed by atoms with Crippen molar-refractivity contribution in [3.05, 3.63) is 16.0 Å². The smallest absolute Gasteiger partial charge is 0.159 e. The summed E-state index contributed by atoms with van der Waals surface area (Å²) in [6.45, 7) is 6.91. The average molecular weight is 288 g/mol. The molecule has 16 heavy (non-hydrogen) atoms. The van der Waals surface area contributed by atoms with Crippen LogP contribution in [0, 0.1) is 6.92 Å². The fraction of sp³-hybridized carbons (Fsp3) is 0.636. The highest BCUT2D eigenvalue weighted by atomic mass is 79.9. The van der Waals surface area contributed by atoms with Gasteiger partial charge in [-0.05, 0) is 36.2 Å². The Kier molecular flexibility index (Phi) is 5.15. The van der Waals surface area contributed by atoms with Crippen LogP contribution in [0.5, 0.6) is 0 Å². The summed E-state index contributed by atoms with van der Waals surface area (Å²) in [5.41, 5.74) is 0.924. The Morgan fingerprint density at radius 1 is 1.44 bits per heavy atom. The van der Waals surface area contributed by atoms with Gasteiger partial charge in [-0.1, -0.05) is 6.92 Å². The summed E-state index contributed by atoms with van der Waals surface area (Å²) in [5, 5.41) is 3.27. The Labute approximate surface area is 105 Å². The number of nitrogens with zero attached hydrogens (tertiary/aromatic N) is 2. The van der Waals surface area contributed by atoms with E-state index < -0.39 is 0 Å². The third-order valence-corrected chi connectivity index (χ3v) is 3.24. The van der Waals surface area contributed by atoms with Gasteiger partial charge in [0.1, 0.15) is 11.9 Å². The highest BCUT2D eigenvalue weighted by Gasteiger charge is 2.13. The minimum absolute atomic E-state index is 0.0889. The van der Waals surface area contributed by atoms with Crippen LogP contribution in [-0.4, -0.2) is 23.6 Å². The monoisotopic (exact) mass is 287 g/mol. The zero-order valence-electron chi connectivity index (χ0n) is 10.2. The minimum atomic E-state index is -0.0889. The van der Waals surface area contributed by atoms with E-state index in [2.05, 4.69) is 38.1 Å². The molecular formula is C11H18BrN3O. The number of aryl methyl sites for hydroxylation is 1. The molecular weight excluding hydrogens is 270 g/mol. The summed E-state index contributed by atoms with van der Waals surface area (Å²) in [6.07, 6.45) is 0.971. The molecule has 1 heterocycles. The van der Waals surface area contributed by atoms with Gasteiger partial charge in [0.2, 0.25) is 0 Å². The van der Waals surface area contributed by atoms with E-state index in [0.717, 1.165) is 29.0 Å².